The molecule has 0 saturated carbocycles. The van der Waals surface area contributed by atoms with E-state index in [9.17, 15) is 8.42 Å². The second-order valence-electron chi connectivity index (χ2n) is 4.60. The molecule has 1 aromatic heterocycles. The largest absolute Gasteiger partial charge is 0.492 e. The zero-order chi connectivity index (χ0) is 15.5. The van der Waals surface area contributed by atoms with E-state index in [0.717, 1.165) is 9.75 Å². The Morgan fingerprint density at radius 2 is 2.05 bits per heavy atom. The van der Waals surface area contributed by atoms with Crippen molar-refractivity contribution in [3.8, 4) is 5.75 Å². The van der Waals surface area contributed by atoms with Crippen molar-refractivity contribution in [3.63, 3.8) is 0 Å². The number of hydrogen-bond donors (Lipinski definition) is 2. The van der Waals surface area contributed by atoms with Crippen LogP contribution < -0.4 is 15.2 Å². The van der Waals surface area contributed by atoms with Crippen molar-refractivity contribution in [3.05, 3.63) is 40.1 Å². The summed E-state index contributed by atoms with van der Waals surface area (Å²) in [5.74, 6) is 0.622. The predicted molar refractivity (Wildman–Crippen MR) is 85.3 cm³/mol. The molecule has 3 N–H and O–H groups in total. The number of aryl methyl sites for hydroxylation is 2. The van der Waals surface area contributed by atoms with Crippen LogP contribution in [0.4, 0.5) is 5.69 Å². The van der Waals surface area contributed by atoms with Crippen molar-refractivity contribution in [2.45, 2.75) is 18.7 Å². The van der Waals surface area contributed by atoms with Crippen LogP contribution >= 0.6 is 11.3 Å². The quantitative estimate of drug-likeness (QED) is 0.630. The van der Waals surface area contributed by atoms with Crippen LogP contribution in [0.5, 0.6) is 5.75 Å². The minimum atomic E-state index is -3.48. The molecule has 0 aliphatic heterocycles. The number of rotatable bonds is 6. The van der Waals surface area contributed by atoms with Gasteiger partial charge in [-0.15, -0.1) is 11.3 Å². The second-order valence-corrected chi connectivity index (χ2v) is 7.79. The van der Waals surface area contributed by atoms with E-state index in [1.54, 1.807) is 37.3 Å². The van der Waals surface area contributed by atoms with E-state index in [2.05, 4.69) is 4.72 Å². The Morgan fingerprint density at radius 1 is 1.29 bits per heavy atom. The number of thiophene rings is 1. The van der Waals surface area contributed by atoms with Crippen LogP contribution in [0.1, 0.15) is 9.75 Å². The Balaban J connectivity index is 1.89. The molecule has 0 saturated heterocycles. The number of sulfonamides is 1. The highest BCUT2D eigenvalue weighted by molar-refractivity contribution is 7.89. The van der Waals surface area contributed by atoms with Gasteiger partial charge in [-0.3, -0.25) is 0 Å². The fraction of sp³-hybridized carbons (Fsp3) is 0.286. The highest BCUT2D eigenvalue weighted by Gasteiger charge is 2.18. The van der Waals surface area contributed by atoms with Crippen LogP contribution in [0.3, 0.4) is 0 Å². The van der Waals surface area contributed by atoms with E-state index >= 15 is 0 Å². The van der Waals surface area contributed by atoms with Crippen molar-refractivity contribution in [2.75, 3.05) is 18.9 Å². The smallest absolute Gasteiger partial charge is 0.241 e. The van der Waals surface area contributed by atoms with Crippen LogP contribution in [-0.4, -0.2) is 21.6 Å². The van der Waals surface area contributed by atoms with E-state index in [0.29, 0.717) is 16.3 Å². The molecule has 7 heteroatoms. The SMILES string of the molecule is Cc1cc(S(=O)(=O)NCCOc2cccc(N)c2)c(C)s1. The van der Waals surface area contributed by atoms with Crippen LogP contribution in [0, 0.1) is 13.8 Å². The van der Waals surface area contributed by atoms with E-state index in [4.69, 9.17) is 10.5 Å². The molecule has 21 heavy (non-hydrogen) atoms. The molecule has 0 radical (unpaired) electrons. The molecule has 0 aliphatic carbocycles. The normalized spacial score (nSPS) is 11.5. The number of ether oxygens (including phenoxy) is 1. The number of nitrogens with two attached hydrogens (primary N) is 1. The summed E-state index contributed by atoms with van der Waals surface area (Å²) in [6.07, 6.45) is 0. The maximum atomic E-state index is 12.2. The monoisotopic (exact) mass is 326 g/mol. The Labute approximate surface area is 128 Å². The number of nitrogen functional groups attached to an aromatic ring is 1. The molecule has 0 atom stereocenters. The van der Waals surface area contributed by atoms with Gasteiger partial charge in [-0.2, -0.15) is 0 Å². The summed E-state index contributed by atoms with van der Waals surface area (Å²) in [6.45, 7) is 4.13. The molecule has 1 heterocycles. The molecule has 114 valence electrons. The lowest BCUT2D eigenvalue weighted by atomic mass is 10.3. The van der Waals surface area contributed by atoms with Gasteiger partial charge in [0.15, 0.2) is 0 Å². The number of anilines is 1. The van der Waals surface area contributed by atoms with Crippen LogP contribution in [0.25, 0.3) is 0 Å². The van der Waals surface area contributed by atoms with E-state index in [1.165, 1.54) is 11.3 Å². The topological polar surface area (TPSA) is 81.4 Å². The van der Waals surface area contributed by atoms with Gasteiger partial charge in [0, 0.05) is 28.1 Å². The Kier molecular flexibility index (Phi) is 4.87. The maximum Gasteiger partial charge on any atom is 0.241 e. The van der Waals surface area contributed by atoms with Crippen molar-refractivity contribution in [2.24, 2.45) is 0 Å². The average Bonchev–Trinajstić information content (AvgIpc) is 2.75. The summed E-state index contributed by atoms with van der Waals surface area (Å²) < 4.78 is 32.3. The third kappa shape index (κ3) is 4.20. The summed E-state index contributed by atoms with van der Waals surface area (Å²) in [5, 5.41) is 0. The van der Waals surface area contributed by atoms with Crippen molar-refractivity contribution in [1.29, 1.82) is 0 Å². The lowest BCUT2D eigenvalue weighted by Crippen LogP contribution is -2.28. The van der Waals surface area contributed by atoms with Gasteiger partial charge in [-0.05, 0) is 32.0 Å². The highest BCUT2D eigenvalue weighted by atomic mass is 32.2. The third-order valence-corrected chi connectivity index (χ3v) is 5.49. The highest BCUT2D eigenvalue weighted by Crippen LogP contribution is 2.24. The fourth-order valence-electron chi connectivity index (χ4n) is 1.90. The van der Waals surface area contributed by atoms with Gasteiger partial charge < -0.3 is 10.5 Å². The molecule has 5 nitrogen and oxygen atoms in total. The molecule has 0 spiro atoms. The lowest BCUT2D eigenvalue weighted by molar-refractivity contribution is 0.323. The molecular weight excluding hydrogens is 308 g/mol. The van der Waals surface area contributed by atoms with Gasteiger partial charge in [0.2, 0.25) is 10.0 Å². The summed E-state index contributed by atoms with van der Waals surface area (Å²) in [7, 11) is -3.48. The minimum Gasteiger partial charge on any atom is -0.492 e. The summed E-state index contributed by atoms with van der Waals surface area (Å²) >= 11 is 1.47. The predicted octanol–water partition coefficient (Wildman–Crippen LogP) is 2.30. The lowest BCUT2D eigenvalue weighted by Gasteiger charge is -2.08. The molecule has 0 bridgehead atoms. The first-order chi connectivity index (χ1) is 9.88. The molecule has 0 aliphatic rings. The first kappa shape index (κ1) is 15.8. The van der Waals surface area contributed by atoms with E-state index in [1.807, 2.05) is 6.92 Å². The maximum absolute atomic E-state index is 12.2. The fourth-order valence-corrected chi connectivity index (χ4v) is 4.47. The van der Waals surface area contributed by atoms with Gasteiger partial charge in [-0.25, -0.2) is 13.1 Å². The van der Waals surface area contributed by atoms with Crippen LogP contribution in [0.2, 0.25) is 0 Å². The Morgan fingerprint density at radius 3 is 2.67 bits per heavy atom. The number of nitrogens with one attached hydrogen (secondary N) is 1. The Hall–Kier alpha value is -1.57. The van der Waals surface area contributed by atoms with Crippen LogP contribution in [0.15, 0.2) is 35.2 Å². The molecule has 2 aromatic rings. The summed E-state index contributed by atoms with van der Waals surface area (Å²) in [4.78, 5) is 2.11. The van der Waals surface area contributed by atoms with Crippen molar-refractivity contribution in [1.82, 2.24) is 4.72 Å². The van der Waals surface area contributed by atoms with Gasteiger partial charge in [0.25, 0.3) is 0 Å². The zero-order valence-electron chi connectivity index (χ0n) is 11.9. The van der Waals surface area contributed by atoms with Crippen LogP contribution in [-0.2, 0) is 10.0 Å². The van der Waals surface area contributed by atoms with Gasteiger partial charge in [0.05, 0.1) is 4.90 Å². The summed E-state index contributed by atoms with van der Waals surface area (Å²) in [5.41, 5.74) is 6.25. The van der Waals surface area contributed by atoms with Crippen molar-refractivity contribution >= 4 is 27.0 Å². The molecule has 0 amide bonds. The van der Waals surface area contributed by atoms with Crippen molar-refractivity contribution < 1.29 is 13.2 Å². The number of hydrogen-bond acceptors (Lipinski definition) is 5. The first-order valence-electron chi connectivity index (χ1n) is 6.43. The van der Waals surface area contributed by atoms with Gasteiger partial charge >= 0.3 is 0 Å². The average molecular weight is 326 g/mol. The second kappa shape index (κ2) is 6.46. The standard InChI is InChI=1S/C14H18N2O3S2/c1-10-8-14(11(2)20-10)21(17,18)16-6-7-19-13-5-3-4-12(15)9-13/h3-5,8-9,16H,6-7,15H2,1-2H3. The molecule has 2 rings (SSSR count). The minimum absolute atomic E-state index is 0.200. The van der Waals surface area contributed by atoms with Gasteiger partial charge in [0.1, 0.15) is 12.4 Å². The van der Waals surface area contributed by atoms with Gasteiger partial charge in [-0.1, -0.05) is 6.07 Å². The first-order valence-corrected chi connectivity index (χ1v) is 8.73. The molecular formula is C14H18N2O3S2. The number of benzene rings is 1. The molecule has 0 fully saturated rings. The summed E-state index contributed by atoms with van der Waals surface area (Å²) in [6, 6.07) is 8.70. The zero-order valence-corrected chi connectivity index (χ0v) is 13.6. The Bertz CT molecular complexity index is 724. The molecule has 0 unspecified atom stereocenters. The van der Waals surface area contributed by atoms with E-state index in [-0.39, 0.29) is 13.2 Å². The third-order valence-electron chi connectivity index (χ3n) is 2.81. The van der Waals surface area contributed by atoms with E-state index < -0.39 is 10.0 Å². The molecule has 1 aromatic carbocycles.